The third-order valence-electron chi connectivity index (χ3n) is 5.52. The molecule has 9 nitrogen and oxygen atoms in total. The van der Waals surface area contributed by atoms with Gasteiger partial charge in [-0.15, -0.1) is 11.3 Å². The first-order valence-electron chi connectivity index (χ1n) is 10.3. The molecule has 178 valence electrons. The van der Waals surface area contributed by atoms with E-state index in [4.69, 9.17) is 33.3 Å². The minimum absolute atomic E-state index is 0.0355. The molecule has 1 N–H and O–H groups in total. The summed E-state index contributed by atoms with van der Waals surface area (Å²) < 4.78 is 11.3. The molecular weight excluding hydrogens is 500 g/mol. The van der Waals surface area contributed by atoms with Crippen molar-refractivity contribution in [3.8, 4) is 11.5 Å². The Bertz CT molecular complexity index is 1270. The van der Waals surface area contributed by atoms with E-state index in [1.807, 2.05) is 4.90 Å². The van der Waals surface area contributed by atoms with Gasteiger partial charge in [0, 0.05) is 54.5 Å². The average Bonchev–Trinajstić information content (AvgIpc) is 3.19. The van der Waals surface area contributed by atoms with Crippen LogP contribution in [0.25, 0.3) is 10.1 Å². The van der Waals surface area contributed by atoms with E-state index in [2.05, 4.69) is 5.32 Å². The van der Waals surface area contributed by atoms with Gasteiger partial charge in [-0.3, -0.25) is 14.9 Å². The molecule has 1 fully saturated rings. The topological polar surface area (TPSA) is 97.2 Å². The number of benzene rings is 2. The van der Waals surface area contributed by atoms with E-state index < -0.39 is 4.92 Å². The summed E-state index contributed by atoms with van der Waals surface area (Å²) in [7, 11) is 3.17. The van der Waals surface area contributed by atoms with Gasteiger partial charge in [-0.1, -0.05) is 11.6 Å². The van der Waals surface area contributed by atoms with Gasteiger partial charge in [-0.25, -0.2) is 0 Å². The number of nitro groups is 1. The molecule has 0 bridgehead atoms. The number of hydrogen-bond acceptors (Lipinski definition) is 7. The van der Waals surface area contributed by atoms with Crippen LogP contribution in [0.3, 0.4) is 0 Å². The van der Waals surface area contributed by atoms with Gasteiger partial charge in [-0.05, 0) is 30.4 Å². The Labute approximate surface area is 209 Å². The SMILES string of the molecule is COc1ccc(OC)c(NC(=S)N2CCN(C(=O)c3sc4cc([N+](=O)[O-])ccc4c3Cl)CC2)c1. The van der Waals surface area contributed by atoms with Crippen LogP contribution in [0.5, 0.6) is 11.5 Å². The summed E-state index contributed by atoms with van der Waals surface area (Å²) in [6.45, 7) is 2.00. The highest BCUT2D eigenvalue weighted by molar-refractivity contribution is 7.80. The molecular formula is C22H21ClN4O5S2. The van der Waals surface area contributed by atoms with E-state index in [1.54, 1.807) is 43.4 Å². The van der Waals surface area contributed by atoms with Crippen molar-refractivity contribution >= 4 is 67.6 Å². The number of carbonyl (C=O) groups is 1. The first-order valence-corrected chi connectivity index (χ1v) is 11.9. The number of fused-ring (bicyclic) bond motifs is 1. The zero-order chi connectivity index (χ0) is 24.4. The number of piperazine rings is 1. The standard InChI is InChI=1S/C22H21ClN4O5S2/c1-31-14-4-6-17(32-2)16(12-14)24-22(33)26-9-7-25(8-10-26)21(28)20-19(23)15-5-3-13(27(29)30)11-18(15)34-20/h3-6,11-12H,7-10H2,1-2H3,(H,24,33). The minimum Gasteiger partial charge on any atom is -0.497 e. The number of nitrogens with zero attached hydrogens (tertiary/aromatic N) is 3. The number of thiophene rings is 1. The summed E-state index contributed by atoms with van der Waals surface area (Å²) in [5.74, 6) is 1.12. The van der Waals surface area contributed by atoms with Crippen LogP contribution in [0.2, 0.25) is 5.02 Å². The van der Waals surface area contributed by atoms with Crippen LogP contribution >= 0.6 is 35.2 Å². The van der Waals surface area contributed by atoms with Crippen molar-refractivity contribution in [3.63, 3.8) is 0 Å². The highest BCUT2D eigenvalue weighted by Crippen LogP contribution is 2.38. The zero-order valence-corrected chi connectivity index (χ0v) is 20.8. The predicted molar refractivity (Wildman–Crippen MR) is 137 cm³/mol. The lowest BCUT2D eigenvalue weighted by molar-refractivity contribution is -0.384. The normalized spacial score (nSPS) is 13.6. The Morgan fingerprint density at radius 3 is 2.47 bits per heavy atom. The number of halogens is 1. The number of nitrogens with one attached hydrogen (secondary N) is 1. The lowest BCUT2D eigenvalue weighted by atomic mass is 10.2. The molecule has 1 aliphatic rings. The fourth-order valence-electron chi connectivity index (χ4n) is 3.67. The second-order valence-corrected chi connectivity index (χ2v) is 9.28. The van der Waals surface area contributed by atoms with E-state index in [0.717, 1.165) is 0 Å². The zero-order valence-electron chi connectivity index (χ0n) is 18.4. The maximum atomic E-state index is 13.2. The van der Waals surface area contributed by atoms with Crippen molar-refractivity contribution in [2.24, 2.45) is 0 Å². The molecule has 1 aliphatic heterocycles. The van der Waals surface area contributed by atoms with Crippen LogP contribution in [-0.4, -0.2) is 66.1 Å². The van der Waals surface area contributed by atoms with E-state index >= 15 is 0 Å². The smallest absolute Gasteiger partial charge is 0.270 e. The number of hydrogen-bond donors (Lipinski definition) is 1. The predicted octanol–water partition coefficient (Wildman–Crippen LogP) is 4.63. The van der Waals surface area contributed by atoms with Gasteiger partial charge < -0.3 is 24.6 Å². The summed E-state index contributed by atoms with van der Waals surface area (Å²) in [5, 5.41) is 15.7. The Balaban J connectivity index is 1.43. The molecule has 3 aromatic rings. The van der Waals surface area contributed by atoms with E-state index in [1.165, 1.54) is 23.5 Å². The quantitative estimate of drug-likeness (QED) is 0.295. The van der Waals surface area contributed by atoms with Crippen molar-refractivity contribution in [1.82, 2.24) is 9.80 Å². The minimum atomic E-state index is -0.466. The Morgan fingerprint density at radius 2 is 1.82 bits per heavy atom. The molecule has 0 atom stereocenters. The number of rotatable bonds is 5. The maximum Gasteiger partial charge on any atom is 0.270 e. The van der Waals surface area contributed by atoms with Crippen molar-refractivity contribution < 1.29 is 19.2 Å². The Hall–Kier alpha value is -3.15. The largest absolute Gasteiger partial charge is 0.497 e. The van der Waals surface area contributed by atoms with Crippen LogP contribution < -0.4 is 14.8 Å². The molecule has 1 saturated heterocycles. The van der Waals surface area contributed by atoms with Gasteiger partial charge in [0.25, 0.3) is 11.6 Å². The lowest BCUT2D eigenvalue weighted by Crippen LogP contribution is -2.51. The van der Waals surface area contributed by atoms with Crippen LogP contribution in [0, 0.1) is 10.1 Å². The van der Waals surface area contributed by atoms with Crippen LogP contribution in [0.1, 0.15) is 9.67 Å². The van der Waals surface area contributed by atoms with Crippen molar-refractivity contribution in [2.75, 3.05) is 45.7 Å². The maximum absolute atomic E-state index is 13.2. The van der Waals surface area contributed by atoms with Crippen molar-refractivity contribution in [3.05, 3.63) is 56.4 Å². The average molecular weight is 521 g/mol. The Kier molecular flexibility index (Phi) is 7.05. The molecule has 0 unspecified atom stereocenters. The van der Waals surface area contributed by atoms with Crippen LogP contribution in [0.4, 0.5) is 11.4 Å². The second kappa shape index (κ2) is 10.00. The summed E-state index contributed by atoms with van der Waals surface area (Å²) in [6, 6.07) is 9.81. The molecule has 1 aromatic heterocycles. The summed E-state index contributed by atoms with van der Waals surface area (Å²) in [5.41, 5.74) is 0.656. The van der Waals surface area contributed by atoms with Gasteiger partial charge >= 0.3 is 0 Å². The number of methoxy groups -OCH3 is 2. The number of anilines is 1. The summed E-state index contributed by atoms with van der Waals surface area (Å²) in [6.07, 6.45) is 0. The van der Waals surface area contributed by atoms with E-state index in [0.29, 0.717) is 68.5 Å². The first-order chi connectivity index (χ1) is 16.3. The number of nitro benzene ring substituents is 1. The highest BCUT2D eigenvalue weighted by Gasteiger charge is 2.27. The Morgan fingerprint density at radius 1 is 1.12 bits per heavy atom. The third kappa shape index (κ3) is 4.72. The third-order valence-corrected chi connectivity index (χ3v) is 7.53. The fourth-order valence-corrected chi connectivity index (χ4v) is 5.47. The number of ether oxygens (including phenoxy) is 2. The van der Waals surface area contributed by atoms with Gasteiger partial charge in [0.1, 0.15) is 16.4 Å². The number of non-ortho nitro benzene ring substituents is 1. The lowest BCUT2D eigenvalue weighted by Gasteiger charge is -2.36. The molecule has 4 rings (SSSR count). The monoisotopic (exact) mass is 520 g/mol. The van der Waals surface area contributed by atoms with Crippen LogP contribution in [-0.2, 0) is 0 Å². The molecule has 2 aromatic carbocycles. The van der Waals surface area contributed by atoms with E-state index in [9.17, 15) is 14.9 Å². The summed E-state index contributed by atoms with van der Waals surface area (Å²) in [4.78, 5) is 27.8. The van der Waals surface area contributed by atoms with Crippen LogP contribution in [0.15, 0.2) is 36.4 Å². The van der Waals surface area contributed by atoms with Gasteiger partial charge in [-0.2, -0.15) is 0 Å². The molecule has 34 heavy (non-hydrogen) atoms. The van der Waals surface area contributed by atoms with Crippen molar-refractivity contribution in [1.29, 1.82) is 0 Å². The molecule has 0 radical (unpaired) electrons. The number of thiocarbonyl (C=S) groups is 1. The molecule has 12 heteroatoms. The molecule has 0 aliphatic carbocycles. The molecule has 2 heterocycles. The molecule has 0 spiro atoms. The summed E-state index contributed by atoms with van der Waals surface area (Å²) >= 11 is 13.2. The van der Waals surface area contributed by atoms with Gasteiger partial charge in [0.15, 0.2) is 5.11 Å². The number of carbonyl (C=O) groups excluding carboxylic acids is 1. The van der Waals surface area contributed by atoms with Crippen molar-refractivity contribution in [2.45, 2.75) is 0 Å². The first kappa shape index (κ1) is 24.0. The van der Waals surface area contributed by atoms with Gasteiger partial charge in [0.2, 0.25) is 0 Å². The highest BCUT2D eigenvalue weighted by atomic mass is 35.5. The fraction of sp³-hybridized carbons (Fsp3) is 0.273. The second-order valence-electron chi connectivity index (χ2n) is 7.46. The molecule has 0 saturated carbocycles. The number of amides is 1. The van der Waals surface area contributed by atoms with E-state index in [-0.39, 0.29) is 11.6 Å². The molecule has 1 amide bonds. The van der Waals surface area contributed by atoms with Gasteiger partial charge in [0.05, 0.1) is 29.9 Å².